The van der Waals surface area contributed by atoms with Gasteiger partial charge in [0.15, 0.2) is 11.5 Å². The number of esters is 2. The predicted octanol–water partition coefficient (Wildman–Crippen LogP) is 4.45. The normalized spacial score (nSPS) is 10.3. The van der Waals surface area contributed by atoms with E-state index in [4.69, 9.17) is 9.47 Å². The molecule has 0 saturated heterocycles. The van der Waals surface area contributed by atoms with Gasteiger partial charge in [0, 0.05) is 0 Å². The van der Waals surface area contributed by atoms with Crippen LogP contribution in [0.15, 0.2) is 66.7 Å². The van der Waals surface area contributed by atoms with Crippen LogP contribution in [0.2, 0.25) is 0 Å². The Balaban J connectivity index is 1.89. The fourth-order valence-electron chi connectivity index (χ4n) is 2.59. The molecule has 0 unspecified atom stereocenters. The van der Waals surface area contributed by atoms with Gasteiger partial charge in [-0.3, -0.25) is 0 Å². The Hall–Kier alpha value is -3.60. The highest BCUT2D eigenvalue weighted by Crippen LogP contribution is 2.37. The highest BCUT2D eigenvalue weighted by Gasteiger charge is 2.20. The molecule has 3 aromatic rings. The summed E-state index contributed by atoms with van der Waals surface area (Å²) >= 11 is 0. The van der Waals surface area contributed by atoms with E-state index >= 15 is 0 Å². The number of rotatable bonds is 4. The molecular formula is C22H18O5. The Bertz CT molecular complexity index is 1010. The lowest BCUT2D eigenvalue weighted by molar-refractivity contribution is 0.0677. The first-order valence-electron chi connectivity index (χ1n) is 8.35. The van der Waals surface area contributed by atoms with E-state index in [1.807, 2.05) is 12.1 Å². The third-order valence-corrected chi connectivity index (χ3v) is 4.09. The van der Waals surface area contributed by atoms with Gasteiger partial charge in [-0.1, -0.05) is 42.5 Å². The van der Waals surface area contributed by atoms with E-state index in [-0.39, 0.29) is 17.2 Å². The number of phenols is 1. The van der Waals surface area contributed by atoms with E-state index in [0.29, 0.717) is 11.1 Å². The molecule has 0 fully saturated rings. The van der Waals surface area contributed by atoms with Crippen LogP contribution < -0.4 is 9.47 Å². The summed E-state index contributed by atoms with van der Waals surface area (Å²) in [6.07, 6.45) is 0. The molecule has 0 bridgehead atoms. The SMILES string of the molecule is Cc1ccccc1C(=O)Oc1cccc(O)c1OC(=O)c1ccccc1C. The summed E-state index contributed by atoms with van der Waals surface area (Å²) in [5, 5.41) is 10.1. The zero-order valence-corrected chi connectivity index (χ0v) is 14.9. The maximum absolute atomic E-state index is 12.5. The second kappa shape index (κ2) is 7.74. The van der Waals surface area contributed by atoms with E-state index in [1.54, 1.807) is 50.2 Å². The number of hydrogen-bond donors (Lipinski definition) is 1. The molecule has 0 amide bonds. The number of hydrogen-bond acceptors (Lipinski definition) is 5. The van der Waals surface area contributed by atoms with Crippen molar-refractivity contribution in [1.29, 1.82) is 0 Å². The van der Waals surface area contributed by atoms with Crippen molar-refractivity contribution in [1.82, 2.24) is 0 Å². The number of para-hydroxylation sites is 1. The number of carbonyl (C=O) groups excluding carboxylic acids is 2. The predicted molar refractivity (Wildman–Crippen MR) is 100 cm³/mol. The molecular weight excluding hydrogens is 344 g/mol. The minimum atomic E-state index is -0.650. The average molecular weight is 362 g/mol. The topological polar surface area (TPSA) is 72.8 Å². The van der Waals surface area contributed by atoms with Gasteiger partial charge < -0.3 is 14.6 Å². The molecule has 3 aromatic carbocycles. The third-order valence-electron chi connectivity index (χ3n) is 4.09. The van der Waals surface area contributed by atoms with E-state index in [2.05, 4.69) is 0 Å². The summed E-state index contributed by atoms with van der Waals surface area (Å²) in [6, 6.07) is 18.2. The number of phenolic OH excluding ortho intramolecular Hbond substituents is 1. The number of benzene rings is 3. The largest absolute Gasteiger partial charge is 0.504 e. The van der Waals surface area contributed by atoms with Crippen LogP contribution in [0.25, 0.3) is 0 Å². The van der Waals surface area contributed by atoms with Crippen molar-refractivity contribution in [3.63, 3.8) is 0 Å². The number of aromatic hydroxyl groups is 1. The van der Waals surface area contributed by atoms with Gasteiger partial charge in [0.1, 0.15) is 0 Å². The molecule has 3 rings (SSSR count). The van der Waals surface area contributed by atoms with Crippen molar-refractivity contribution >= 4 is 11.9 Å². The second-order valence-electron chi connectivity index (χ2n) is 6.01. The zero-order chi connectivity index (χ0) is 19.4. The standard InChI is InChI=1S/C22H18O5/c1-14-8-3-5-10-16(14)21(24)26-19-13-7-12-18(23)20(19)27-22(25)17-11-6-4-9-15(17)2/h3-13,23H,1-2H3. The van der Waals surface area contributed by atoms with Gasteiger partial charge in [-0.2, -0.15) is 0 Å². The molecule has 0 atom stereocenters. The Morgan fingerprint density at radius 2 is 1.22 bits per heavy atom. The van der Waals surface area contributed by atoms with Crippen LogP contribution in [-0.2, 0) is 0 Å². The second-order valence-corrected chi connectivity index (χ2v) is 6.01. The summed E-state index contributed by atoms with van der Waals surface area (Å²) in [4.78, 5) is 24.9. The molecule has 0 aliphatic heterocycles. The van der Waals surface area contributed by atoms with E-state index in [9.17, 15) is 14.7 Å². The third kappa shape index (κ3) is 3.98. The Morgan fingerprint density at radius 3 is 1.78 bits per heavy atom. The van der Waals surface area contributed by atoms with Gasteiger partial charge in [0.05, 0.1) is 11.1 Å². The lowest BCUT2D eigenvalue weighted by atomic mass is 10.1. The van der Waals surface area contributed by atoms with Gasteiger partial charge >= 0.3 is 11.9 Å². The fourth-order valence-corrected chi connectivity index (χ4v) is 2.59. The number of aryl methyl sites for hydroxylation is 2. The quantitative estimate of drug-likeness (QED) is 0.548. The van der Waals surface area contributed by atoms with Crippen molar-refractivity contribution in [3.05, 3.63) is 89.0 Å². The first-order valence-corrected chi connectivity index (χ1v) is 8.35. The highest BCUT2D eigenvalue weighted by atomic mass is 16.6. The molecule has 0 heterocycles. The van der Waals surface area contributed by atoms with Crippen molar-refractivity contribution in [2.75, 3.05) is 0 Å². The van der Waals surface area contributed by atoms with Gasteiger partial charge in [-0.25, -0.2) is 9.59 Å². The summed E-state index contributed by atoms with van der Waals surface area (Å²) in [6.45, 7) is 3.57. The molecule has 1 N–H and O–H groups in total. The summed E-state index contributed by atoms with van der Waals surface area (Å²) in [5.74, 6) is -1.79. The maximum atomic E-state index is 12.5. The first-order chi connectivity index (χ1) is 13.0. The van der Waals surface area contributed by atoms with E-state index in [0.717, 1.165) is 11.1 Å². The molecule has 0 aliphatic carbocycles. The molecule has 0 spiro atoms. The van der Waals surface area contributed by atoms with Crippen LogP contribution >= 0.6 is 0 Å². The molecule has 0 aromatic heterocycles. The van der Waals surface area contributed by atoms with E-state index < -0.39 is 11.9 Å². The minimum Gasteiger partial charge on any atom is -0.504 e. The van der Waals surface area contributed by atoms with Crippen LogP contribution in [0.3, 0.4) is 0 Å². The van der Waals surface area contributed by atoms with Crippen LogP contribution in [0.4, 0.5) is 0 Å². The van der Waals surface area contributed by atoms with Crippen molar-refractivity contribution in [3.8, 4) is 17.2 Å². The van der Waals surface area contributed by atoms with Crippen LogP contribution in [0.1, 0.15) is 31.8 Å². The molecule has 5 nitrogen and oxygen atoms in total. The monoisotopic (exact) mass is 362 g/mol. The molecule has 0 radical (unpaired) electrons. The van der Waals surface area contributed by atoms with Gasteiger partial charge in [-0.05, 0) is 49.2 Å². The van der Waals surface area contributed by atoms with Gasteiger partial charge in [0.2, 0.25) is 5.75 Å². The number of ether oxygens (including phenoxy) is 2. The molecule has 5 heteroatoms. The maximum Gasteiger partial charge on any atom is 0.344 e. The lowest BCUT2D eigenvalue weighted by Crippen LogP contribution is -2.14. The minimum absolute atomic E-state index is 0.0369. The lowest BCUT2D eigenvalue weighted by Gasteiger charge is -2.13. The Kier molecular flexibility index (Phi) is 5.22. The van der Waals surface area contributed by atoms with Crippen LogP contribution in [0, 0.1) is 13.8 Å². The smallest absolute Gasteiger partial charge is 0.344 e. The van der Waals surface area contributed by atoms with Crippen molar-refractivity contribution < 1.29 is 24.2 Å². The zero-order valence-electron chi connectivity index (χ0n) is 14.9. The molecule has 27 heavy (non-hydrogen) atoms. The summed E-state index contributed by atoms with van der Waals surface area (Å²) < 4.78 is 10.7. The molecule has 136 valence electrons. The fraction of sp³-hybridized carbons (Fsp3) is 0.0909. The summed E-state index contributed by atoms with van der Waals surface area (Å²) in [7, 11) is 0. The van der Waals surface area contributed by atoms with Crippen molar-refractivity contribution in [2.45, 2.75) is 13.8 Å². The molecule has 0 aliphatic rings. The first kappa shape index (κ1) is 18.2. The van der Waals surface area contributed by atoms with Gasteiger partial charge in [0.25, 0.3) is 0 Å². The highest BCUT2D eigenvalue weighted by molar-refractivity contribution is 5.95. The Morgan fingerprint density at radius 1 is 0.704 bits per heavy atom. The molecule has 0 saturated carbocycles. The van der Waals surface area contributed by atoms with Gasteiger partial charge in [-0.15, -0.1) is 0 Å². The van der Waals surface area contributed by atoms with Crippen LogP contribution in [0.5, 0.6) is 17.2 Å². The number of carbonyl (C=O) groups is 2. The van der Waals surface area contributed by atoms with Crippen molar-refractivity contribution in [2.24, 2.45) is 0 Å². The average Bonchev–Trinajstić information content (AvgIpc) is 2.65. The Labute approximate surface area is 156 Å². The van der Waals surface area contributed by atoms with E-state index in [1.165, 1.54) is 18.2 Å². The summed E-state index contributed by atoms with van der Waals surface area (Å²) in [5.41, 5.74) is 2.23. The van der Waals surface area contributed by atoms with Crippen LogP contribution in [-0.4, -0.2) is 17.0 Å².